The molecule has 2 N–H and O–H groups in total. The third kappa shape index (κ3) is 3.07. The number of hydrogen-bond acceptors (Lipinski definition) is 1. The van der Waals surface area contributed by atoms with Gasteiger partial charge in [-0.25, -0.2) is 4.39 Å². The van der Waals surface area contributed by atoms with Gasteiger partial charge < -0.3 is 5.73 Å². The van der Waals surface area contributed by atoms with Gasteiger partial charge in [-0.1, -0.05) is 37.0 Å². The Bertz CT molecular complexity index is 353. The van der Waals surface area contributed by atoms with Gasteiger partial charge in [-0.15, -0.1) is 0 Å². The summed E-state index contributed by atoms with van der Waals surface area (Å²) in [7, 11) is 0. The van der Waals surface area contributed by atoms with E-state index in [0.717, 1.165) is 0 Å². The van der Waals surface area contributed by atoms with E-state index in [4.69, 9.17) is 28.9 Å². The maximum atomic E-state index is 13.5. The van der Waals surface area contributed by atoms with Crippen molar-refractivity contribution in [1.29, 1.82) is 0 Å². The van der Waals surface area contributed by atoms with Gasteiger partial charge in [-0.3, -0.25) is 0 Å². The molecule has 0 spiro atoms. The normalized spacial score (nSPS) is 13.3. The molecule has 1 atom stereocenters. The van der Waals surface area contributed by atoms with Crippen molar-refractivity contribution in [2.75, 3.05) is 0 Å². The standard InChI is InChI=1S/C11H14Cl2FN/c1-6(2)5-9(15)10-8(14)4-3-7(12)11(10)13/h3-4,6,9H,5,15H2,1-2H3/t9-/m0/s1. The Morgan fingerprint density at radius 3 is 2.47 bits per heavy atom. The second-order valence-electron chi connectivity index (χ2n) is 3.99. The van der Waals surface area contributed by atoms with Gasteiger partial charge in [-0.2, -0.15) is 0 Å². The van der Waals surface area contributed by atoms with Crippen molar-refractivity contribution < 1.29 is 4.39 Å². The average Bonchev–Trinajstić information content (AvgIpc) is 2.11. The molecule has 0 aliphatic rings. The first-order valence-corrected chi connectivity index (χ1v) is 5.58. The summed E-state index contributed by atoms with van der Waals surface area (Å²) in [4.78, 5) is 0. The Kier molecular flexibility index (Phi) is 4.38. The molecule has 0 bridgehead atoms. The van der Waals surface area contributed by atoms with Gasteiger partial charge in [0.25, 0.3) is 0 Å². The van der Waals surface area contributed by atoms with E-state index >= 15 is 0 Å². The summed E-state index contributed by atoms with van der Waals surface area (Å²) in [5.41, 5.74) is 6.20. The van der Waals surface area contributed by atoms with Crippen LogP contribution in [0.15, 0.2) is 12.1 Å². The van der Waals surface area contributed by atoms with Gasteiger partial charge in [0, 0.05) is 11.6 Å². The molecule has 0 amide bonds. The largest absolute Gasteiger partial charge is 0.324 e. The van der Waals surface area contributed by atoms with Crippen LogP contribution in [0, 0.1) is 11.7 Å². The van der Waals surface area contributed by atoms with E-state index in [-0.39, 0.29) is 5.02 Å². The van der Waals surface area contributed by atoms with E-state index < -0.39 is 11.9 Å². The second kappa shape index (κ2) is 5.15. The predicted molar refractivity (Wildman–Crippen MR) is 62.8 cm³/mol. The number of benzene rings is 1. The van der Waals surface area contributed by atoms with Crippen LogP contribution in [0.25, 0.3) is 0 Å². The molecule has 15 heavy (non-hydrogen) atoms. The van der Waals surface area contributed by atoms with Gasteiger partial charge in [0.1, 0.15) is 5.82 Å². The van der Waals surface area contributed by atoms with Gasteiger partial charge in [-0.05, 0) is 24.5 Å². The van der Waals surface area contributed by atoms with Gasteiger partial charge in [0.2, 0.25) is 0 Å². The van der Waals surface area contributed by atoms with Crippen molar-refractivity contribution in [2.45, 2.75) is 26.3 Å². The molecule has 0 heterocycles. The highest BCUT2D eigenvalue weighted by molar-refractivity contribution is 6.42. The Morgan fingerprint density at radius 1 is 1.33 bits per heavy atom. The van der Waals surface area contributed by atoms with Crippen LogP contribution in [0.1, 0.15) is 31.9 Å². The van der Waals surface area contributed by atoms with Crippen LogP contribution < -0.4 is 5.73 Å². The average molecular weight is 250 g/mol. The highest BCUT2D eigenvalue weighted by atomic mass is 35.5. The number of halogens is 3. The lowest BCUT2D eigenvalue weighted by Crippen LogP contribution is -2.15. The Labute approximate surface area is 99.4 Å². The van der Waals surface area contributed by atoms with E-state index in [0.29, 0.717) is 22.9 Å². The molecule has 0 saturated carbocycles. The fourth-order valence-corrected chi connectivity index (χ4v) is 1.97. The minimum Gasteiger partial charge on any atom is -0.324 e. The molecule has 0 aliphatic heterocycles. The fourth-order valence-electron chi connectivity index (χ4n) is 1.51. The maximum absolute atomic E-state index is 13.5. The van der Waals surface area contributed by atoms with Gasteiger partial charge in [0.15, 0.2) is 0 Å². The van der Waals surface area contributed by atoms with Crippen LogP contribution in [0.5, 0.6) is 0 Å². The van der Waals surface area contributed by atoms with E-state index in [2.05, 4.69) is 0 Å². The summed E-state index contributed by atoms with van der Waals surface area (Å²) >= 11 is 11.7. The van der Waals surface area contributed by atoms with Crippen molar-refractivity contribution in [1.82, 2.24) is 0 Å². The van der Waals surface area contributed by atoms with Crippen molar-refractivity contribution in [2.24, 2.45) is 11.7 Å². The molecule has 0 saturated heterocycles. The SMILES string of the molecule is CC(C)C[C@H](N)c1c(F)ccc(Cl)c1Cl. The minimum absolute atomic E-state index is 0.227. The lowest BCUT2D eigenvalue weighted by Gasteiger charge is -2.17. The van der Waals surface area contributed by atoms with E-state index in [1.807, 2.05) is 13.8 Å². The van der Waals surface area contributed by atoms with Crippen molar-refractivity contribution in [3.8, 4) is 0 Å². The van der Waals surface area contributed by atoms with E-state index in [1.54, 1.807) is 0 Å². The molecule has 4 heteroatoms. The molecule has 0 aliphatic carbocycles. The highest BCUT2D eigenvalue weighted by Crippen LogP contribution is 2.33. The molecular weight excluding hydrogens is 236 g/mol. The molecule has 1 rings (SSSR count). The molecule has 84 valence electrons. The van der Waals surface area contributed by atoms with Crippen molar-refractivity contribution >= 4 is 23.2 Å². The molecule has 0 fully saturated rings. The molecule has 0 unspecified atom stereocenters. The smallest absolute Gasteiger partial charge is 0.129 e. The minimum atomic E-state index is -0.406. The third-order valence-corrected chi connectivity index (χ3v) is 2.99. The number of rotatable bonds is 3. The van der Waals surface area contributed by atoms with Gasteiger partial charge in [0.05, 0.1) is 10.0 Å². The van der Waals surface area contributed by atoms with Gasteiger partial charge >= 0.3 is 0 Å². The predicted octanol–water partition coefficient (Wildman–Crippen LogP) is 4.18. The fraction of sp³-hybridized carbons (Fsp3) is 0.455. The summed E-state index contributed by atoms with van der Waals surface area (Å²) in [5, 5.41) is 0.567. The van der Waals surface area contributed by atoms with Crippen molar-refractivity contribution in [3.05, 3.63) is 33.6 Å². The first kappa shape index (κ1) is 12.8. The van der Waals surface area contributed by atoms with Crippen LogP contribution in [0.2, 0.25) is 10.0 Å². The monoisotopic (exact) mass is 249 g/mol. The lowest BCUT2D eigenvalue weighted by atomic mass is 9.97. The lowest BCUT2D eigenvalue weighted by molar-refractivity contribution is 0.489. The highest BCUT2D eigenvalue weighted by Gasteiger charge is 2.18. The third-order valence-electron chi connectivity index (χ3n) is 2.18. The summed E-state index contributed by atoms with van der Waals surface area (Å²) in [6, 6.07) is 2.32. The van der Waals surface area contributed by atoms with Crippen molar-refractivity contribution in [3.63, 3.8) is 0 Å². The Balaban J connectivity index is 3.07. The topological polar surface area (TPSA) is 26.0 Å². The summed E-state index contributed by atoms with van der Waals surface area (Å²) in [6.07, 6.45) is 0.678. The summed E-state index contributed by atoms with van der Waals surface area (Å²) in [6.45, 7) is 4.05. The van der Waals surface area contributed by atoms with Crippen LogP contribution in [-0.4, -0.2) is 0 Å². The van der Waals surface area contributed by atoms with E-state index in [9.17, 15) is 4.39 Å². The summed E-state index contributed by atoms with van der Waals surface area (Å²) < 4.78 is 13.5. The molecular formula is C11H14Cl2FN. The van der Waals surface area contributed by atoms with E-state index in [1.165, 1.54) is 12.1 Å². The van der Waals surface area contributed by atoms with Crippen LogP contribution in [-0.2, 0) is 0 Å². The quantitative estimate of drug-likeness (QED) is 0.800. The molecule has 1 aromatic carbocycles. The first-order chi connectivity index (χ1) is 6.93. The van der Waals surface area contributed by atoms with Crippen LogP contribution >= 0.6 is 23.2 Å². The van der Waals surface area contributed by atoms with Crippen LogP contribution in [0.3, 0.4) is 0 Å². The number of nitrogens with two attached hydrogens (primary N) is 1. The Morgan fingerprint density at radius 2 is 1.93 bits per heavy atom. The molecule has 1 aromatic rings. The first-order valence-electron chi connectivity index (χ1n) is 4.82. The van der Waals surface area contributed by atoms with Crippen LogP contribution in [0.4, 0.5) is 4.39 Å². The Hall–Kier alpha value is -0.310. The zero-order chi connectivity index (χ0) is 11.6. The molecule has 1 nitrogen and oxygen atoms in total. The maximum Gasteiger partial charge on any atom is 0.129 e. The zero-order valence-corrected chi connectivity index (χ0v) is 10.2. The zero-order valence-electron chi connectivity index (χ0n) is 8.73. The number of hydrogen-bond donors (Lipinski definition) is 1. The second-order valence-corrected chi connectivity index (χ2v) is 4.78. The summed E-state index contributed by atoms with van der Waals surface area (Å²) in [5.74, 6) is -0.00741. The molecule has 0 aromatic heterocycles. The molecule has 0 radical (unpaired) electrons.